The molecule has 1 aliphatic rings. The zero-order chi connectivity index (χ0) is 20.1. The van der Waals surface area contributed by atoms with Gasteiger partial charge in [0.25, 0.3) is 0 Å². The van der Waals surface area contributed by atoms with Gasteiger partial charge in [0.1, 0.15) is 11.9 Å². The molecule has 0 heterocycles. The van der Waals surface area contributed by atoms with E-state index >= 15 is 0 Å². The molecule has 0 saturated carbocycles. The fraction of sp³-hybridized carbons (Fsp3) is 0.458. The molecule has 0 bridgehead atoms. The average Bonchev–Trinajstić information content (AvgIpc) is 2.97. The van der Waals surface area contributed by atoms with Crippen LogP contribution in [0.3, 0.4) is 0 Å². The number of benzene rings is 2. The van der Waals surface area contributed by atoms with Crippen LogP contribution in [0.15, 0.2) is 53.5 Å². The minimum atomic E-state index is 0.135. The van der Waals surface area contributed by atoms with E-state index < -0.39 is 0 Å². The number of anilines is 1. The van der Waals surface area contributed by atoms with E-state index in [0.717, 1.165) is 17.9 Å². The smallest absolute Gasteiger partial charge is 0.127 e. The van der Waals surface area contributed by atoms with Gasteiger partial charge >= 0.3 is 0 Å². The number of rotatable bonds is 4. The molecule has 0 spiro atoms. The van der Waals surface area contributed by atoms with E-state index in [2.05, 4.69) is 69.2 Å². The molecule has 0 radical (unpaired) electrons. The number of hydrogen-bond donors (Lipinski definition) is 1. The second-order valence-corrected chi connectivity index (χ2v) is 6.89. The molecule has 2 atom stereocenters. The Morgan fingerprint density at radius 2 is 1.70 bits per heavy atom. The number of hydrogen-bond acceptors (Lipinski definition) is 2. The van der Waals surface area contributed by atoms with Crippen molar-refractivity contribution in [3.63, 3.8) is 0 Å². The van der Waals surface area contributed by atoms with Crippen LogP contribution in [0.5, 0.6) is 5.75 Å². The van der Waals surface area contributed by atoms with Crippen molar-refractivity contribution in [1.82, 2.24) is 0 Å². The summed E-state index contributed by atoms with van der Waals surface area (Å²) in [7, 11) is 1.74. The third kappa shape index (κ3) is 7.46. The number of nitrogens with one attached hydrogen (secondary N) is 1. The largest absolute Gasteiger partial charge is 0.485 e. The maximum Gasteiger partial charge on any atom is 0.127 e. The average molecular weight is 369 g/mol. The molecule has 1 N–H and O–H groups in total. The van der Waals surface area contributed by atoms with Gasteiger partial charge in [0.2, 0.25) is 0 Å². The van der Waals surface area contributed by atoms with Crippen molar-refractivity contribution in [3.8, 4) is 5.75 Å². The molecule has 2 aromatic rings. The molecule has 3 nitrogen and oxygen atoms in total. The highest BCUT2D eigenvalue weighted by Crippen LogP contribution is 2.39. The number of ether oxygens (including phenoxy) is 1. The molecular weight excluding hydrogens is 332 g/mol. The Morgan fingerprint density at radius 1 is 1.04 bits per heavy atom. The lowest BCUT2D eigenvalue weighted by atomic mass is 10.1. The standard InChI is InChI=1S/C18H20N2O.2C3H8/c1-13-10-14-6-3-4-9-17(14)18(13)21-16-8-5-7-15(11-16)20-12-19-2;2*1-3-2/h3-9,11-13,18H,10H2,1-2H3,(H,19,20);2*3H2,1-2H3/t13-,18?;;/m1../s1. The first-order valence-corrected chi connectivity index (χ1v) is 10.1. The second kappa shape index (κ2) is 13.0. The molecule has 27 heavy (non-hydrogen) atoms. The molecule has 2 aromatic carbocycles. The zero-order valence-electron chi connectivity index (χ0n) is 17.8. The van der Waals surface area contributed by atoms with Crippen molar-refractivity contribution in [2.24, 2.45) is 10.9 Å². The lowest BCUT2D eigenvalue weighted by molar-refractivity contribution is 0.159. The lowest BCUT2D eigenvalue weighted by Gasteiger charge is -2.19. The predicted octanol–water partition coefficient (Wildman–Crippen LogP) is 6.90. The summed E-state index contributed by atoms with van der Waals surface area (Å²) in [5, 5.41) is 3.12. The summed E-state index contributed by atoms with van der Waals surface area (Å²) in [5.41, 5.74) is 3.71. The first kappa shape index (κ1) is 22.8. The summed E-state index contributed by atoms with van der Waals surface area (Å²) >= 11 is 0. The summed E-state index contributed by atoms with van der Waals surface area (Å²) in [4.78, 5) is 3.93. The molecule has 0 fully saturated rings. The fourth-order valence-corrected chi connectivity index (χ4v) is 2.88. The summed E-state index contributed by atoms with van der Waals surface area (Å²) in [5.74, 6) is 1.38. The summed E-state index contributed by atoms with van der Waals surface area (Å²) in [6.07, 6.45) is 5.39. The maximum atomic E-state index is 6.25. The first-order chi connectivity index (χ1) is 13.1. The normalized spacial score (nSPS) is 17.3. The van der Waals surface area contributed by atoms with Gasteiger partial charge in [-0.05, 0) is 29.7 Å². The third-order valence-electron chi connectivity index (χ3n) is 3.88. The van der Waals surface area contributed by atoms with E-state index in [1.165, 1.54) is 24.0 Å². The molecule has 0 amide bonds. The van der Waals surface area contributed by atoms with Gasteiger partial charge < -0.3 is 10.1 Å². The van der Waals surface area contributed by atoms with Crippen LogP contribution in [0.1, 0.15) is 64.7 Å². The molecule has 0 aromatic heterocycles. The van der Waals surface area contributed by atoms with E-state index in [1.54, 1.807) is 13.4 Å². The lowest BCUT2D eigenvalue weighted by Crippen LogP contribution is -2.11. The van der Waals surface area contributed by atoms with E-state index in [1.807, 2.05) is 24.3 Å². The van der Waals surface area contributed by atoms with Crippen LogP contribution in [0, 0.1) is 5.92 Å². The van der Waals surface area contributed by atoms with E-state index in [0.29, 0.717) is 5.92 Å². The molecule has 1 aliphatic carbocycles. The minimum Gasteiger partial charge on any atom is -0.485 e. The van der Waals surface area contributed by atoms with Crippen LogP contribution < -0.4 is 10.1 Å². The highest BCUT2D eigenvalue weighted by molar-refractivity contribution is 5.75. The molecule has 0 aliphatic heterocycles. The van der Waals surface area contributed by atoms with Crippen LogP contribution in [0.2, 0.25) is 0 Å². The minimum absolute atomic E-state index is 0.135. The molecule has 148 valence electrons. The van der Waals surface area contributed by atoms with Gasteiger partial charge in [-0.2, -0.15) is 0 Å². The Morgan fingerprint density at radius 3 is 2.37 bits per heavy atom. The Bertz CT molecular complexity index is 680. The molecule has 3 rings (SSSR count). The number of fused-ring (bicyclic) bond motifs is 1. The Balaban J connectivity index is 0.000000540. The van der Waals surface area contributed by atoms with Crippen LogP contribution in [-0.2, 0) is 6.42 Å². The van der Waals surface area contributed by atoms with Gasteiger partial charge in [-0.3, -0.25) is 4.99 Å². The van der Waals surface area contributed by atoms with E-state index in [4.69, 9.17) is 4.74 Å². The highest BCUT2D eigenvalue weighted by Gasteiger charge is 2.30. The molecule has 3 heteroatoms. The van der Waals surface area contributed by atoms with Gasteiger partial charge in [0.05, 0.1) is 6.34 Å². The third-order valence-corrected chi connectivity index (χ3v) is 3.88. The number of nitrogens with zero attached hydrogens (tertiary/aromatic N) is 1. The van der Waals surface area contributed by atoms with Crippen molar-refractivity contribution in [1.29, 1.82) is 0 Å². The summed E-state index contributed by atoms with van der Waals surface area (Å²) in [6.45, 7) is 10.7. The Kier molecular flexibility index (Phi) is 10.9. The van der Waals surface area contributed by atoms with E-state index in [9.17, 15) is 0 Å². The van der Waals surface area contributed by atoms with Crippen molar-refractivity contribution in [2.75, 3.05) is 12.4 Å². The molecule has 0 saturated heterocycles. The van der Waals surface area contributed by atoms with Crippen molar-refractivity contribution < 1.29 is 4.74 Å². The van der Waals surface area contributed by atoms with Gasteiger partial charge in [-0.25, -0.2) is 0 Å². The van der Waals surface area contributed by atoms with E-state index in [-0.39, 0.29) is 6.10 Å². The van der Waals surface area contributed by atoms with Crippen LogP contribution >= 0.6 is 0 Å². The molecule has 1 unspecified atom stereocenters. The van der Waals surface area contributed by atoms with Crippen LogP contribution in [-0.4, -0.2) is 13.4 Å². The monoisotopic (exact) mass is 368 g/mol. The Hall–Kier alpha value is -2.29. The number of aliphatic imine (C=N–C) groups is 1. The zero-order valence-corrected chi connectivity index (χ0v) is 17.8. The fourth-order valence-electron chi connectivity index (χ4n) is 2.88. The topological polar surface area (TPSA) is 33.6 Å². The molecular formula is C24H36N2O. The highest BCUT2D eigenvalue weighted by atomic mass is 16.5. The summed E-state index contributed by atoms with van der Waals surface area (Å²) < 4.78 is 6.25. The van der Waals surface area contributed by atoms with Crippen LogP contribution in [0.4, 0.5) is 5.69 Å². The first-order valence-electron chi connectivity index (χ1n) is 10.1. The maximum absolute atomic E-state index is 6.25. The SMILES string of the molecule is CCC.CCC.CN=CNc1cccc(OC2c3ccccc3C[C@H]2C)c1. The van der Waals surface area contributed by atoms with Crippen molar-refractivity contribution in [3.05, 3.63) is 59.7 Å². The predicted molar refractivity (Wildman–Crippen MR) is 119 cm³/mol. The van der Waals surface area contributed by atoms with Gasteiger partial charge in [0, 0.05) is 24.7 Å². The van der Waals surface area contributed by atoms with Gasteiger partial charge in [-0.15, -0.1) is 0 Å². The summed E-state index contributed by atoms with van der Waals surface area (Å²) in [6, 6.07) is 16.6. The van der Waals surface area contributed by atoms with Gasteiger partial charge in [0.15, 0.2) is 0 Å². The van der Waals surface area contributed by atoms with Crippen molar-refractivity contribution >= 4 is 12.0 Å². The second-order valence-electron chi connectivity index (χ2n) is 6.89. The Labute approximate surface area is 165 Å². The quantitative estimate of drug-likeness (QED) is 0.470. The van der Waals surface area contributed by atoms with Crippen LogP contribution in [0.25, 0.3) is 0 Å². The van der Waals surface area contributed by atoms with Gasteiger partial charge in [-0.1, -0.05) is 77.8 Å². The van der Waals surface area contributed by atoms with Crippen molar-refractivity contribution in [2.45, 2.75) is 60.0 Å².